The number of methoxy groups -OCH3 is 1. The molecule has 4 aromatic rings. The number of furan rings is 1. The van der Waals surface area contributed by atoms with Crippen molar-refractivity contribution in [1.29, 1.82) is 0 Å². The smallest absolute Gasteiger partial charge is 0.258 e. The highest BCUT2D eigenvalue weighted by Gasteiger charge is 2.20. The summed E-state index contributed by atoms with van der Waals surface area (Å²) in [5.41, 5.74) is 2.49. The normalized spacial score (nSPS) is 11.0. The van der Waals surface area contributed by atoms with E-state index in [0.717, 1.165) is 11.1 Å². The SMILES string of the molecule is COc1ccc(C(=O)Nc2nccc(C)n2)c2c1oc1ccccc12. The van der Waals surface area contributed by atoms with E-state index >= 15 is 0 Å². The average Bonchev–Trinajstić information content (AvgIpc) is 3.00. The molecule has 0 radical (unpaired) electrons. The van der Waals surface area contributed by atoms with E-state index in [1.807, 2.05) is 31.2 Å². The van der Waals surface area contributed by atoms with Gasteiger partial charge in [-0.3, -0.25) is 10.1 Å². The number of aromatic nitrogens is 2. The van der Waals surface area contributed by atoms with Crippen LogP contribution in [0.4, 0.5) is 5.95 Å². The third-order valence-electron chi connectivity index (χ3n) is 3.97. The lowest BCUT2D eigenvalue weighted by molar-refractivity contribution is 0.102. The van der Waals surface area contributed by atoms with E-state index in [0.29, 0.717) is 27.9 Å². The molecular formula is C19H15N3O3. The summed E-state index contributed by atoms with van der Waals surface area (Å²) in [6.07, 6.45) is 1.61. The molecule has 2 aromatic heterocycles. The van der Waals surface area contributed by atoms with Crippen molar-refractivity contribution >= 4 is 33.8 Å². The fourth-order valence-corrected chi connectivity index (χ4v) is 2.83. The molecule has 1 amide bonds. The van der Waals surface area contributed by atoms with Gasteiger partial charge in [0.25, 0.3) is 5.91 Å². The van der Waals surface area contributed by atoms with E-state index in [9.17, 15) is 4.79 Å². The van der Waals surface area contributed by atoms with Crippen LogP contribution < -0.4 is 10.1 Å². The van der Waals surface area contributed by atoms with Crippen LogP contribution in [0.1, 0.15) is 16.1 Å². The minimum atomic E-state index is -0.301. The maximum atomic E-state index is 12.8. The van der Waals surface area contributed by atoms with Crippen LogP contribution in [0.25, 0.3) is 21.9 Å². The van der Waals surface area contributed by atoms with E-state index < -0.39 is 0 Å². The minimum absolute atomic E-state index is 0.266. The lowest BCUT2D eigenvalue weighted by atomic mass is 10.1. The Bertz CT molecular complexity index is 1100. The first-order valence-electron chi connectivity index (χ1n) is 7.76. The maximum absolute atomic E-state index is 12.8. The predicted octanol–water partition coefficient (Wildman–Crippen LogP) is 3.95. The third kappa shape index (κ3) is 2.57. The molecule has 1 N–H and O–H groups in total. The molecular weight excluding hydrogens is 318 g/mol. The first-order valence-corrected chi connectivity index (χ1v) is 7.76. The zero-order valence-corrected chi connectivity index (χ0v) is 13.7. The molecule has 0 saturated carbocycles. The van der Waals surface area contributed by atoms with Gasteiger partial charge < -0.3 is 9.15 Å². The van der Waals surface area contributed by atoms with Crippen LogP contribution >= 0.6 is 0 Å². The number of anilines is 1. The number of para-hydroxylation sites is 1. The van der Waals surface area contributed by atoms with E-state index in [4.69, 9.17) is 9.15 Å². The van der Waals surface area contributed by atoms with Gasteiger partial charge in [0.15, 0.2) is 11.3 Å². The molecule has 0 saturated heterocycles. The molecule has 0 unspecified atom stereocenters. The van der Waals surface area contributed by atoms with Crippen molar-refractivity contribution in [3.05, 3.63) is 59.9 Å². The summed E-state index contributed by atoms with van der Waals surface area (Å²) in [7, 11) is 1.57. The molecule has 0 spiro atoms. The van der Waals surface area contributed by atoms with Crippen LogP contribution in [0.15, 0.2) is 53.1 Å². The van der Waals surface area contributed by atoms with E-state index in [1.54, 1.807) is 31.5 Å². The molecule has 0 aliphatic rings. The summed E-state index contributed by atoms with van der Waals surface area (Å²) in [6.45, 7) is 1.84. The number of hydrogen-bond donors (Lipinski definition) is 1. The molecule has 2 aromatic carbocycles. The van der Waals surface area contributed by atoms with Gasteiger partial charge in [-0.1, -0.05) is 18.2 Å². The summed E-state index contributed by atoms with van der Waals surface area (Å²) >= 11 is 0. The van der Waals surface area contributed by atoms with Gasteiger partial charge in [-0.05, 0) is 31.2 Å². The molecule has 0 bridgehead atoms. The maximum Gasteiger partial charge on any atom is 0.258 e. The number of amides is 1. The van der Waals surface area contributed by atoms with Gasteiger partial charge in [-0.2, -0.15) is 0 Å². The Kier molecular flexibility index (Phi) is 3.57. The molecule has 4 rings (SSSR count). The van der Waals surface area contributed by atoms with Gasteiger partial charge in [0, 0.05) is 22.7 Å². The Morgan fingerprint density at radius 3 is 2.80 bits per heavy atom. The molecule has 6 heteroatoms. The van der Waals surface area contributed by atoms with E-state index in [2.05, 4.69) is 15.3 Å². The standard InChI is InChI=1S/C19H15N3O3/c1-11-9-10-20-19(21-11)22-18(23)13-7-8-15(24-2)17-16(13)12-5-3-4-6-14(12)25-17/h3-10H,1-2H3,(H,20,21,22,23). The van der Waals surface area contributed by atoms with Crippen LogP contribution in [-0.4, -0.2) is 23.0 Å². The van der Waals surface area contributed by atoms with Gasteiger partial charge in [-0.25, -0.2) is 9.97 Å². The Hall–Kier alpha value is -3.41. The summed E-state index contributed by atoms with van der Waals surface area (Å²) in [5.74, 6) is 0.543. The van der Waals surface area contributed by atoms with Crippen LogP contribution in [-0.2, 0) is 0 Å². The predicted molar refractivity (Wildman–Crippen MR) is 95.0 cm³/mol. The largest absolute Gasteiger partial charge is 0.493 e. The number of aryl methyl sites for hydroxylation is 1. The van der Waals surface area contributed by atoms with E-state index in [1.165, 1.54) is 0 Å². The summed E-state index contributed by atoms with van der Waals surface area (Å²) in [6, 6.07) is 12.8. The highest BCUT2D eigenvalue weighted by molar-refractivity contribution is 6.20. The quantitative estimate of drug-likeness (QED) is 0.614. The number of fused-ring (bicyclic) bond motifs is 3. The van der Waals surface area contributed by atoms with Crippen molar-refractivity contribution in [2.75, 3.05) is 12.4 Å². The zero-order valence-electron chi connectivity index (χ0n) is 13.7. The van der Waals surface area contributed by atoms with Crippen LogP contribution in [0.3, 0.4) is 0 Å². The molecule has 0 aliphatic carbocycles. The molecule has 0 atom stereocenters. The number of carbonyl (C=O) groups excluding carboxylic acids is 1. The van der Waals surface area contributed by atoms with Crippen molar-refractivity contribution in [1.82, 2.24) is 9.97 Å². The van der Waals surface area contributed by atoms with Gasteiger partial charge >= 0.3 is 0 Å². The number of nitrogens with zero attached hydrogens (tertiary/aromatic N) is 2. The Balaban J connectivity index is 1.88. The average molecular weight is 333 g/mol. The second-order valence-corrected chi connectivity index (χ2v) is 5.59. The van der Waals surface area contributed by atoms with Crippen molar-refractivity contribution < 1.29 is 13.9 Å². The molecule has 2 heterocycles. The first-order chi connectivity index (χ1) is 12.2. The number of nitrogens with one attached hydrogen (secondary N) is 1. The number of ether oxygens (including phenoxy) is 1. The Labute approximate surface area is 143 Å². The highest BCUT2D eigenvalue weighted by atomic mass is 16.5. The van der Waals surface area contributed by atoms with Crippen LogP contribution in [0.5, 0.6) is 5.75 Å². The number of carbonyl (C=O) groups is 1. The van der Waals surface area contributed by atoms with Crippen molar-refractivity contribution in [3.63, 3.8) is 0 Å². The Morgan fingerprint density at radius 1 is 1.16 bits per heavy atom. The van der Waals surface area contributed by atoms with Crippen LogP contribution in [0, 0.1) is 6.92 Å². The van der Waals surface area contributed by atoms with Gasteiger partial charge in [-0.15, -0.1) is 0 Å². The van der Waals surface area contributed by atoms with Crippen molar-refractivity contribution in [2.24, 2.45) is 0 Å². The molecule has 124 valence electrons. The first kappa shape index (κ1) is 15.1. The fourth-order valence-electron chi connectivity index (χ4n) is 2.83. The highest BCUT2D eigenvalue weighted by Crippen LogP contribution is 2.37. The summed E-state index contributed by atoms with van der Waals surface area (Å²) in [4.78, 5) is 21.1. The second kappa shape index (κ2) is 5.90. The summed E-state index contributed by atoms with van der Waals surface area (Å²) < 4.78 is 11.3. The van der Waals surface area contributed by atoms with Crippen molar-refractivity contribution in [2.45, 2.75) is 6.92 Å². The zero-order chi connectivity index (χ0) is 17.4. The monoisotopic (exact) mass is 333 g/mol. The molecule has 25 heavy (non-hydrogen) atoms. The molecule has 6 nitrogen and oxygen atoms in total. The lowest BCUT2D eigenvalue weighted by Gasteiger charge is -2.07. The lowest BCUT2D eigenvalue weighted by Crippen LogP contribution is -2.14. The topological polar surface area (TPSA) is 77.2 Å². The van der Waals surface area contributed by atoms with E-state index in [-0.39, 0.29) is 11.9 Å². The molecule has 0 aliphatic heterocycles. The summed E-state index contributed by atoms with van der Waals surface area (Å²) in [5, 5.41) is 4.30. The van der Waals surface area contributed by atoms with Crippen LogP contribution in [0.2, 0.25) is 0 Å². The fraction of sp³-hybridized carbons (Fsp3) is 0.105. The second-order valence-electron chi connectivity index (χ2n) is 5.59. The number of hydrogen-bond acceptors (Lipinski definition) is 5. The number of benzene rings is 2. The van der Waals surface area contributed by atoms with Gasteiger partial charge in [0.05, 0.1) is 12.7 Å². The number of rotatable bonds is 3. The van der Waals surface area contributed by atoms with Gasteiger partial charge in [0.2, 0.25) is 5.95 Å². The van der Waals surface area contributed by atoms with Gasteiger partial charge in [0.1, 0.15) is 5.58 Å². The Morgan fingerprint density at radius 2 is 2.00 bits per heavy atom. The third-order valence-corrected chi connectivity index (χ3v) is 3.97. The minimum Gasteiger partial charge on any atom is -0.493 e. The van der Waals surface area contributed by atoms with Crippen molar-refractivity contribution in [3.8, 4) is 5.75 Å². The molecule has 0 fully saturated rings.